The largest absolute Gasteiger partial charge is 0.333 e. The Bertz CT molecular complexity index is 312. The zero-order chi connectivity index (χ0) is 8.67. The summed E-state index contributed by atoms with van der Waals surface area (Å²) in [4.78, 5) is 4.46. The fraction of sp³-hybridized carbons (Fsp3) is 0.700. The Morgan fingerprint density at radius 1 is 1.54 bits per heavy atom. The van der Waals surface area contributed by atoms with Crippen molar-refractivity contribution in [3.63, 3.8) is 0 Å². The predicted octanol–water partition coefficient (Wildman–Crippen LogP) is 0.939. The van der Waals surface area contributed by atoms with E-state index in [0.717, 1.165) is 25.4 Å². The molecule has 1 aromatic rings. The average Bonchev–Trinajstić information content (AvgIpc) is 2.88. The SMILES string of the molecule is c1nc2c(n1CC1CC1)CNCC2. The van der Waals surface area contributed by atoms with Crippen molar-refractivity contribution in [3.8, 4) is 0 Å². The van der Waals surface area contributed by atoms with E-state index in [2.05, 4.69) is 14.9 Å². The molecule has 2 heterocycles. The number of nitrogens with one attached hydrogen (secondary N) is 1. The second-order valence-corrected chi connectivity index (χ2v) is 4.16. The topological polar surface area (TPSA) is 29.9 Å². The van der Waals surface area contributed by atoms with Gasteiger partial charge in [0.05, 0.1) is 17.7 Å². The Labute approximate surface area is 78.2 Å². The van der Waals surface area contributed by atoms with Crippen LogP contribution in [0.25, 0.3) is 0 Å². The van der Waals surface area contributed by atoms with Crippen LogP contribution in [-0.4, -0.2) is 16.1 Å². The lowest BCUT2D eigenvalue weighted by molar-refractivity contribution is 0.553. The normalized spacial score (nSPS) is 21.5. The van der Waals surface area contributed by atoms with E-state index in [1.165, 1.54) is 30.8 Å². The van der Waals surface area contributed by atoms with Gasteiger partial charge in [0, 0.05) is 26.1 Å². The molecule has 3 rings (SSSR count). The number of hydrogen-bond acceptors (Lipinski definition) is 2. The summed E-state index contributed by atoms with van der Waals surface area (Å²) in [6, 6.07) is 0. The molecule has 0 radical (unpaired) electrons. The van der Waals surface area contributed by atoms with E-state index in [9.17, 15) is 0 Å². The van der Waals surface area contributed by atoms with Crippen LogP contribution >= 0.6 is 0 Å². The third-order valence-electron chi connectivity index (χ3n) is 3.02. The van der Waals surface area contributed by atoms with Crippen molar-refractivity contribution in [3.05, 3.63) is 17.7 Å². The number of hydrogen-bond donors (Lipinski definition) is 1. The number of rotatable bonds is 2. The van der Waals surface area contributed by atoms with E-state index in [4.69, 9.17) is 0 Å². The molecule has 0 bridgehead atoms. The standard InChI is InChI=1S/C10H15N3/c1-2-8(1)6-13-7-12-9-3-4-11-5-10(9)13/h7-8,11H,1-6H2. The first-order chi connectivity index (χ1) is 6.43. The first-order valence-electron chi connectivity index (χ1n) is 5.17. The van der Waals surface area contributed by atoms with E-state index in [-0.39, 0.29) is 0 Å². The number of nitrogens with zero attached hydrogens (tertiary/aromatic N) is 2. The van der Waals surface area contributed by atoms with Crippen molar-refractivity contribution in [2.75, 3.05) is 6.54 Å². The molecule has 70 valence electrons. The Morgan fingerprint density at radius 2 is 2.46 bits per heavy atom. The molecule has 1 N–H and O–H groups in total. The average molecular weight is 177 g/mol. The molecule has 0 saturated heterocycles. The van der Waals surface area contributed by atoms with Gasteiger partial charge in [-0.1, -0.05) is 0 Å². The van der Waals surface area contributed by atoms with Crippen molar-refractivity contribution < 1.29 is 0 Å². The van der Waals surface area contributed by atoms with Crippen LogP contribution in [0.3, 0.4) is 0 Å². The first kappa shape index (κ1) is 7.56. The maximum absolute atomic E-state index is 4.46. The second-order valence-electron chi connectivity index (χ2n) is 4.16. The molecule has 3 heteroatoms. The molecule has 1 saturated carbocycles. The van der Waals surface area contributed by atoms with Gasteiger partial charge in [-0.3, -0.25) is 0 Å². The highest BCUT2D eigenvalue weighted by Crippen LogP contribution is 2.31. The Morgan fingerprint density at radius 3 is 3.31 bits per heavy atom. The van der Waals surface area contributed by atoms with E-state index >= 15 is 0 Å². The smallest absolute Gasteiger partial charge is 0.0952 e. The lowest BCUT2D eigenvalue weighted by Crippen LogP contribution is -2.25. The summed E-state index contributed by atoms with van der Waals surface area (Å²) in [5.74, 6) is 0.945. The maximum atomic E-state index is 4.46. The Kier molecular flexibility index (Phi) is 1.65. The lowest BCUT2D eigenvalue weighted by Gasteiger charge is -2.14. The fourth-order valence-corrected chi connectivity index (χ4v) is 2.01. The second kappa shape index (κ2) is 2.84. The molecule has 13 heavy (non-hydrogen) atoms. The van der Waals surface area contributed by atoms with E-state index < -0.39 is 0 Å². The van der Waals surface area contributed by atoms with Gasteiger partial charge in [-0.25, -0.2) is 4.98 Å². The van der Waals surface area contributed by atoms with Crippen LogP contribution in [-0.2, 0) is 19.5 Å². The summed E-state index contributed by atoms with van der Waals surface area (Å²) in [6.07, 6.45) is 5.96. The summed E-state index contributed by atoms with van der Waals surface area (Å²) in [6.45, 7) is 3.31. The number of fused-ring (bicyclic) bond motifs is 1. The molecule has 0 amide bonds. The van der Waals surface area contributed by atoms with E-state index in [1.54, 1.807) is 0 Å². The Balaban J connectivity index is 1.86. The van der Waals surface area contributed by atoms with E-state index in [1.807, 2.05) is 6.33 Å². The molecule has 0 spiro atoms. The van der Waals surface area contributed by atoms with Crippen LogP contribution in [0.4, 0.5) is 0 Å². The minimum absolute atomic E-state index is 0.945. The minimum Gasteiger partial charge on any atom is -0.333 e. The van der Waals surface area contributed by atoms with E-state index in [0.29, 0.717) is 0 Å². The maximum Gasteiger partial charge on any atom is 0.0952 e. The number of imidazole rings is 1. The molecular formula is C10H15N3. The number of aromatic nitrogens is 2. The predicted molar refractivity (Wildman–Crippen MR) is 50.4 cm³/mol. The lowest BCUT2D eigenvalue weighted by atomic mass is 10.2. The van der Waals surface area contributed by atoms with Crippen LogP contribution in [0, 0.1) is 5.92 Å². The third kappa shape index (κ3) is 1.37. The van der Waals surface area contributed by atoms with Crippen LogP contribution in [0.15, 0.2) is 6.33 Å². The summed E-state index contributed by atoms with van der Waals surface area (Å²) in [5, 5.41) is 3.40. The van der Waals surface area contributed by atoms with Gasteiger partial charge in [-0.2, -0.15) is 0 Å². The highest BCUT2D eigenvalue weighted by molar-refractivity contribution is 5.16. The molecule has 1 fully saturated rings. The molecule has 0 aromatic carbocycles. The van der Waals surface area contributed by atoms with Crippen LogP contribution < -0.4 is 5.32 Å². The molecule has 2 aliphatic rings. The summed E-state index contributed by atoms with van der Waals surface area (Å²) >= 11 is 0. The summed E-state index contributed by atoms with van der Waals surface area (Å²) < 4.78 is 2.35. The van der Waals surface area contributed by atoms with Crippen molar-refractivity contribution >= 4 is 0 Å². The molecule has 0 atom stereocenters. The molecular weight excluding hydrogens is 162 g/mol. The zero-order valence-electron chi connectivity index (χ0n) is 7.79. The molecule has 1 aromatic heterocycles. The zero-order valence-corrected chi connectivity index (χ0v) is 7.79. The first-order valence-corrected chi connectivity index (χ1v) is 5.17. The van der Waals surface area contributed by atoms with Gasteiger partial charge in [0.1, 0.15) is 0 Å². The monoisotopic (exact) mass is 177 g/mol. The fourth-order valence-electron chi connectivity index (χ4n) is 2.01. The van der Waals surface area contributed by atoms with Gasteiger partial charge >= 0.3 is 0 Å². The Hall–Kier alpha value is -0.830. The van der Waals surface area contributed by atoms with Crippen molar-refractivity contribution in [2.45, 2.75) is 32.4 Å². The van der Waals surface area contributed by atoms with Crippen molar-refractivity contribution in [2.24, 2.45) is 5.92 Å². The van der Waals surface area contributed by atoms with Crippen LogP contribution in [0.2, 0.25) is 0 Å². The summed E-state index contributed by atoms with van der Waals surface area (Å²) in [5.41, 5.74) is 2.75. The van der Waals surface area contributed by atoms with Crippen LogP contribution in [0.1, 0.15) is 24.2 Å². The summed E-state index contributed by atoms with van der Waals surface area (Å²) in [7, 11) is 0. The third-order valence-corrected chi connectivity index (χ3v) is 3.02. The van der Waals surface area contributed by atoms with Gasteiger partial charge in [0.25, 0.3) is 0 Å². The molecule has 1 aliphatic carbocycles. The van der Waals surface area contributed by atoms with Gasteiger partial charge in [0.15, 0.2) is 0 Å². The van der Waals surface area contributed by atoms with Gasteiger partial charge < -0.3 is 9.88 Å². The van der Waals surface area contributed by atoms with Crippen LogP contribution in [0.5, 0.6) is 0 Å². The van der Waals surface area contributed by atoms with Crippen molar-refractivity contribution in [1.29, 1.82) is 0 Å². The van der Waals surface area contributed by atoms with Gasteiger partial charge in [-0.15, -0.1) is 0 Å². The van der Waals surface area contributed by atoms with Gasteiger partial charge in [0.2, 0.25) is 0 Å². The highest BCUT2D eigenvalue weighted by atomic mass is 15.1. The minimum atomic E-state index is 0.945. The van der Waals surface area contributed by atoms with Crippen molar-refractivity contribution in [1.82, 2.24) is 14.9 Å². The van der Waals surface area contributed by atoms with Gasteiger partial charge in [-0.05, 0) is 18.8 Å². The molecule has 1 aliphatic heterocycles. The highest BCUT2D eigenvalue weighted by Gasteiger charge is 2.24. The molecule has 0 unspecified atom stereocenters. The molecule has 3 nitrogen and oxygen atoms in total. The quantitative estimate of drug-likeness (QED) is 0.728.